The number of hydrogen-bond donors (Lipinski definition) is 1. The van der Waals surface area contributed by atoms with Crippen molar-refractivity contribution in [3.05, 3.63) is 35.0 Å². The highest BCUT2D eigenvalue weighted by Crippen LogP contribution is 2.17. The van der Waals surface area contributed by atoms with Gasteiger partial charge in [-0.3, -0.25) is 0 Å². The van der Waals surface area contributed by atoms with Gasteiger partial charge in [0.05, 0.1) is 0 Å². The lowest BCUT2D eigenvalue weighted by atomic mass is 10.2. The lowest BCUT2D eigenvalue weighted by Crippen LogP contribution is -2.18. The van der Waals surface area contributed by atoms with Crippen LogP contribution in [0.5, 0.6) is 0 Å². The Morgan fingerprint density at radius 2 is 2.58 bits per heavy atom. The molecular weight excluding hydrogens is 166 g/mol. The number of nitrogens with one attached hydrogen (secondary N) is 1. The Morgan fingerprint density at radius 1 is 1.75 bits per heavy atom. The molecule has 1 aromatic heterocycles. The summed E-state index contributed by atoms with van der Waals surface area (Å²) < 4.78 is 0. The molecule has 0 saturated carbocycles. The smallest absolute Gasteiger partial charge is 0.0386 e. The van der Waals surface area contributed by atoms with Crippen LogP contribution in [-0.2, 0) is 0 Å². The Morgan fingerprint density at radius 3 is 3.17 bits per heavy atom. The van der Waals surface area contributed by atoms with E-state index in [0.717, 1.165) is 13.0 Å². The van der Waals surface area contributed by atoms with Gasteiger partial charge in [-0.15, -0.1) is 17.9 Å². The topological polar surface area (TPSA) is 12.0 Å². The molecule has 1 aromatic rings. The molecule has 0 aromatic carbocycles. The fraction of sp³-hybridized carbons (Fsp3) is 0.400. The molecular formula is C10H15NS. The van der Waals surface area contributed by atoms with Crippen molar-refractivity contribution >= 4 is 11.3 Å². The standard InChI is InChI=1S/C10H15NS/c1-3-4-7-11-9(2)10-6-5-8-12-10/h3,5-6,8-9,11H,1,4,7H2,2H3/t9-/m1/s1. The lowest BCUT2D eigenvalue weighted by molar-refractivity contribution is 0.589. The lowest BCUT2D eigenvalue weighted by Gasteiger charge is -2.10. The van der Waals surface area contributed by atoms with E-state index in [1.165, 1.54) is 4.88 Å². The zero-order valence-electron chi connectivity index (χ0n) is 7.42. The summed E-state index contributed by atoms with van der Waals surface area (Å²) in [6.45, 7) is 6.89. The van der Waals surface area contributed by atoms with Gasteiger partial charge < -0.3 is 5.32 Å². The molecule has 66 valence electrons. The van der Waals surface area contributed by atoms with E-state index in [2.05, 4.69) is 36.3 Å². The minimum absolute atomic E-state index is 0.477. The summed E-state index contributed by atoms with van der Waals surface area (Å²) in [4.78, 5) is 1.40. The van der Waals surface area contributed by atoms with E-state index in [0.29, 0.717) is 6.04 Å². The van der Waals surface area contributed by atoms with Crippen LogP contribution in [0.3, 0.4) is 0 Å². The molecule has 0 amide bonds. The number of thiophene rings is 1. The van der Waals surface area contributed by atoms with Crippen molar-refractivity contribution in [3.63, 3.8) is 0 Å². The predicted octanol–water partition coefficient (Wildman–Crippen LogP) is 2.97. The minimum atomic E-state index is 0.477. The Bertz CT molecular complexity index is 216. The third-order valence-electron chi connectivity index (χ3n) is 1.77. The van der Waals surface area contributed by atoms with Crippen molar-refractivity contribution in [2.24, 2.45) is 0 Å². The largest absolute Gasteiger partial charge is 0.309 e. The summed E-state index contributed by atoms with van der Waals surface area (Å²) in [5, 5.41) is 5.54. The van der Waals surface area contributed by atoms with Crippen LogP contribution in [0.4, 0.5) is 0 Å². The second-order valence-electron chi connectivity index (χ2n) is 2.77. The molecule has 1 nitrogen and oxygen atoms in total. The highest BCUT2D eigenvalue weighted by atomic mass is 32.1. The highest BCUT2D eigenvalue weighted by Gasteiger charge is 2.03. The molecule has 1 rings (SSSR count). The van der Waals surface area contributed by atoms with Gasteiger partial charge in [-0.2, -0.15) is 0 Å². The molecule has 0 unspecified atom stereocenters. The van der Waals surface area contributed by atoms with Crippen molar-refractivity contribution < 1.29 is 0 Å². The Balaban J connectivity index is 2.29. The quantitative estimate of drug-likeness (QED) is 0.544. The van der Waals surface area contributed by atoms with Crippen LogP contribution in [0.2, 0.25) is 0 Å². The van der Waals surface area contributed by atoms with Gasteiger partial charge in [0.1, 0.15) is 0 Å². The first-order valence-electron chi connectivity index (χ1n) is 4.22. The SMILES string of the molecule is C=CCCN[C@H](C)c1cccs1. The van der Waals surface area contributed by atoms with Gasteiger partial charge in [-0.05, 0) is 31.3 Å². The molecule has 2 heteroatoms. The minimum Gasteiger partial charge on any atom is -0.309 e. The third-order valence-corrected chi connectivity index (χ3v) is 2.82. The predicted molar refractivity (Wildman–Crippen MR) is 55.6 cm³/mol. The maximum absolute atomic E-state index is 3.68. The fourth-order valence-electron chi connectivity index (χ4n) is 1.04. The van der Waals surface area contributed by atoms with E-state index in [-0.39, 0.29) is 0 Å². The van der Waals surface area contributed by atoms with E-state index >= 15 is 0 Å². The first-order chi connectivity index (χ1) is 5.84. The Kier molecular flexibility index (Phi) is 4.05. The number of rotatable bonds is 5. The average Bonchev–Trinajstić information content (AvgIpc) is 2.56. The van der Waals surface area contributed by atoms with Gasteiger partial charge in [0.15, 0.2) is 0 Å². The Labute approximate surface area is 78.1 Å². The zero-order chi connectivity index (χ0) is 8.81. The fourth-order valence-corrected chi connectivity index (χ4v) is 1.80. The van der Waals surface area contributed by atoms with Crippen molar-refractivity contribution in [3.8, 4) is 0 Å². The summed E-state index contributed by atoms with van der Waals surface area (Å²) in [6.07, 6.45) is 2.98. The molecule has 0 saturated heterocycles. The van der Waals surface area contributed by atoms with Crippen LogP contribution in [-0.4, -0.2) is 6.54 Å². The molecule has 1 atom stereocenters. The molecule has 1 N–H and O–H groups in total. The summed E-state index contributed by atoms with van der Waals surface area (Å²) in [6, 6.07) is 4.73. The van der Waals surface area contributed by atoms with Gasteiger partial charge in [0.25, 0.3) is 0 Å². The van der Waals surface area contributed by atoms with Gasteiger partial charge in [0, 0.05) is 10.9 Å². The summed E-state index contributed by atoms with van der Waals surface area (Å²) >= 11 is 1.80. The molecule has 0 aliphatic heterocycles. The highest BCUT2D eigenvalue weighted by molar-refractivity contribution is 7.10. The Hall–Kier alpha value is -0.600. The van der Waals surface area contributed by atoms with Crippen molar-refractivity contribution in [1.29, 1.82) is 0 Å². The monoisotopic (exact) mass is 181 g/mol. The third kappa shape index (κ3) is 2.80. The van der Waals surface area contributed by atoms with E-state index < -0.39 is 0 Å². The summed E-state index contributed by atoms with van der Waals surface area (Å²) in [5.74, 6) is 0. The van der Waals surface area contributed by atoms with E-state index in [4.69, 9.17) is 0 Å². The molecule has 0 aliphatic carbocycles. The van der Waals surface area contributed by atoms with Crippen LogP contribution < -0.4 is 5.32 Å². The van der Waals surface area contributed by atoms with Crippen LogP contribution in [0.25, 0.3) is 0 Å². The van der Waals surface area contributed by atoms with E-state index in [1.807, 2.05) is 6.08 Å². The van der Waals surface area contributed by atoms with E-state index in [9.17, 15) is 0 Å². The first-order valence-corrected chi connectivity index (χ1v) is 5.10. The van der Waals surface area contributed by atoms with Crippen LogP contribution in [0.1, 0.15) is 24.3 Å². The molecule has 1 heterocycles. The van der Waals surface area contributed by atoms with Gasteiger partial charge in [-0.25, -0.2) is 0 Å². The van der Waals surface area contributed by atoms with Gasteiger partial charge >= 0.3 is 0 Å². The molecule has 0 fully saturated rings. The van der Waals surface area contributed by atoms with Crippen LogP contribution in [0.15, 0.2) is 30.2 Å². The van der Waals surface area contributed by atoms with Crippen molar-refractivity contribution in [2.75, 3.05) is 6.54 Å². The van der Waals surface area contributed by atoms with Crippen LogP contribution >= 0.6 is 11.3 Å². The molecule has 0 aliphatic rings. The molecule has 0 spiro atoms. The van der Waals surface area contributed by atoms with E-state index in [1.54, 1.807) is 11.3 Å². The average molecular weight is 181 g/mol. The second kappa shape index (κ2) is 5.12. The summed E-state index contributed by atoms with van der Waals surface area (Å²) in [5.41, 5.74) is 0. The maximum Gasteiger partial charge on any atom is 0.0386 e. The number of hydrogen-bond acceptors (Lipinski definition) is 2. The van der Waals surface area contributed by atoms with Gasteiger partial charge in [0.2, 0.25) is 0 Å². The van der Waals surface area contributed by atoms with Gasteiger partial charge in [-0.1, -0.05) is 12.1 Å². The normalized spacial score (nSPS) is 12.8. The molecule has 12 heavy (non-hydrogen) atoms. The molecule has 0 bridgehead atoms. The van der Waals surface area contributed by atoms with Crippen molar-refractivity contribution in [2.45, 2.75) is 19.4 Å². The second-order valence-corrected chi connectivity index (χ2v) is 3.75. The summed E-state index contributed by atoms with van der Waals surface area (Å²) in [7, 11) is 0. The van der Waals surface area contributed by atoms with Crippen molar-refractivity contribution in [1.82, 2.24) is 5.32 Å². The maximum atomic E-state index is 3.68. The van der Waals surface area contributed by atoms with Crippen LogP contribution in [0, 0.1) is 0 Å². The zero-order valence-corrected chi connectivity index (χ0v) is 8.23. The first kappa shape index (κ1) is 9.49. The molecule has 0 radical (unpaired) electrons.